The maximum absolute atomic E-state index is 12.4. The van der Waals surface area contributed by atoms with Gasteiger partial charge >= 0.3 is 6.03 Å². The fraction of sp³-hybridized carbons (Fsp3) is 0.533. The molecular weight excluding hydrogens is 240 g/mol. The van der Waals surface area contributed by atoms with Crippen LogP contribution in [0.2, 0.25) is 0 Å². The quantitative estimate of drug-likeness (QED) is 0.909. The van der Waals surface area contributed by atoms with Crippen LogP contribution in [0, 0.1) is 0 Å². The number of hydrogen-bond donors (Lipinski definition) is 1. The fourth-order valence-electron chi connectivity index (χ4n) is 2.48. The van der Waals surface area contributed by atoms with Crippen molar-refractivity contribution in [3.05, 3.63) is 29.8 Å². The predicted molar refractivity (Wildman–Crippen MR) is 76.3 cm³/mol. The Morgan fingerprint density at radius 3 is 2.37 bits per heavy atom. The average molecular weight is 262 g/mol. The summed E-state index contributed by atoms with van der Waals surface area (Å²) in [6.07, 6.45) is 0. The molecular formula is C15H22N2O2. The Hall–Kier alpha value is -1.55. The average Bonchev–Trinajstić information content (AvgIpc) is 2.70. The van der Waals surface area contributed by atoms with E-state index in [1.807, 2.05) is 43.0 Å². The van der Waals surface area contributed by atoms with Crippen LogP contribution in [0.1, 0.15) is 33.3 Å². The summed E-state index contributed by atoms with van der Waals surface area (Å²) in [5.41, 5.74) is 0.638. The van der Waals surface area contributed by atoms with Gasteiger partial charge in [-0.25, -0.2) is 4.79 Å². The van der Waals surface area contributed by atoms with Crippen LogP contribution in [0.5, 0.6) is 0 Å². The van der Waals surface area contributed by atoms with Gasteiger partial charge in [0.05, 0.1) is 11.3 Å². The maximum atomic E-state index is 12.4. The Morgan fingerprint density at radius 1 is 1.21 bits per heavy atom. The number of urea groups is 1. The second kappa shape index (κ2) is 4.85. The van der Waals surface area contributed by atoms with Gasteiger partial charge in [0.2, 0.25) is 0 Å². The minimum absolute atomic E-state index is 0.0201. The normalized spacial score (nSPS) is 16.6. The molecule has 0 unspecified atom stereocenters. The molecule has 0 bridgehead atoms. The van der Waals surface area contributed by atoms with Gasteiger partial charge in [-0.3, -0.25) is 4.90 Å². The molecule has 0 aliphatic carbocycles. The van der Waals surface area contributed by atoms with Crippen LogP contribution in [-0.4, -0.2) is 35.2 Å². The standard InChI is InChI=1S/C15H22N2O2/c1-11(2)16-9-10-17(14(16)18)13-8-6-5-7-12(13)15(3,4)19/h5-8,11,19H,9-10H2,1-4H3. The van der Waals surface area contributed by atoms with Crippen LogP contribution in [0.4, 0.5) is 10.5 Å². The minimum Gasteiger partial charge on any atom is -0.386 e. The molecule has 2 amide bonds. The number of carbonyl (C=O) groups is 1. The largest absolute Gasteiger partial charge is 0.386 e. The molecule has 1 N–H and O–H groups in total. The Labute approximate surface area is 114 Å². The van der Waals surface area contributed by atoms with E-state index < -0.39 is 5.60 Å². The molecule has 19 heavy (non-hydrogen) atoms. The minimum atomic E-state index is -0.956. The third-order valence-corrected chi connectivity index (χ3v) is 3.52. The molecule has 104 valence electrons. The monoisotopic (exact) mass is 262 g/mol. The summed E-state index contributed by atoms with van der Waals surface area (Å²) in [6.45, 7) is 8.92. The van der Waals surface area contributed by atoms with Gasteiger partial charge in [-0.2, -0.15) is 0 Å². The van der Waals surface area contributed by atoms with E-state index in [2.05, 4.69) is 0 Å². The number of aliphatic hydroxyl groups is 1. The Kier molecular flexibility index (Phi) is 3.54. The van der Waals surface area contributed by atoms with Crippen LogP contribution in [0.15, 0.2) is 24.3 Å². The maximum Gasteiger partial charge on any atom is 0.324 e. The predicted octanol–water partition coefficient (Wildman–Crippen LogP) is 2.56. The van der Waals surface area contributed by atoms with Crippen molar-refractivity contribution in [3.63, 3.8) is 0 Å². The van der Waals surface area contributed by atoms with Crippen molar-refractivity contribution in [2.45, 2.75) is 39.3 Å². The first-order valence-corrected chi connectivity index (χ1v) is 6.72. The zero-order chi connectivity index (χ0) is 14.2. The number of nitrogens with zero attached hydrogens (tertiary/aromatic N) is 2. The Balaban J connectivity index is 2.37. The van der Waals surface area contributed by atoms with Crippen molar-refractivity contribution in [1.82, 2.24) is 4.90 Å². The number of rotatable bonds is 3. The lowest BCUT2D eigenvalue weighted by molar-refractivity contribution is 0.0791. The molecule has 1 saturated heterocycles. The highest BCUT2D eigenvalue weighted by atomic mass is 16.3. The van der Waals surface area contributed by atoms with Gasteiger partial charge in [0, 0.05) is 24.7 Å². The van der Waals surface area contributed by atoms with Crippen molar-refractivity contribution in [2.75, 3.05) is 18.0 Å². The van der Waals surface area contributed by atoms with Crippen LogP contribution in [0.25, 0.3) is 0 Å². The fourth-order valence-corrected chi connectivity index (χ4v) is 2.48. The number of benzene rings is 1. The SMILES string of the molecule is CC(C)N1CCN(c2ccccc2C(C)(C)O)C1=O. The number of hydrogen-bond acceptors (Lipinski definition) is 2. The first-order valence-electron chi connectivity index (χ1n) is 6.72. The van der Waals surface area contributed by atoms with Crippen LogP contribution in [0.3, 0.4) is 0 Å². The molecule has 4 nitrogen and oxygen atoms in total. The van der Waals surface area contributed by atoms with Crippen LogP contribution < -0.4 is 4.90 Å². The lowest BCUT2D eigenvalue weighted by Crippen LogP contribution is -2.37. The van der Waals surface area contributed by atoms with E-state index in [-0.39, 0.29) is 12.1 Å². The summed E-state index contributed by atoms with van der Waals surface area (Å²) in [5.74, 6) is 0. The van der Waals surface area contributed by atoms with Crippen molar-refractivity contribution >= 4 is 11.7 Å². The summed E-state index contributed by atoms with van der Waals surface area (Å²) < 4.78 is 0. The van der Waals surface area contributed by atoms with Gasteiger partial charge in [0.25, 0.3) is 0 Å². The smallest absolute Gasteiger partial charge is 0.324 e. The zero-order valence-electron chi connectivity index (χ0n) is 12.1. The highest BCUT2D eigenvalue weighted by Gasteiger charge is 2.34. The molecule has 1 heterocycles. The van der Waals surface area contributed by atoms with Crippen molar-refractivity contribution < 1.29 is 9.90 Å². The molecule has 2 rings (SSSR count). The third-order valence-electron chi connectivity index (χ3n) is 3.52. The molecule has 1 aliphatic heterocycles. The zero-order valence-corrected chi connectivity index (χ0v) is 12.1. The van der Waals surface area contributed by atoms with Crippen molar-refractivity contribution in [3.8, 4) is 0 Å². The third kappa shape index (κ3) is 2.59. The lowest BCUT2D eigenvalue weighted by Gasteiger charge is -2.27. The molecule has 1 fully saturated rings. The molecule has 0 radical (unpaired) electrons. The van der Waals surface area contributed by atoms with E-state index >= 15 is 0 Å². The molecule has 1 aromatic rings. The lowest BCUT2D eigenvalue weighted by atomic mass is 9.96. The van der Waals surface area contributed by atoms with Crippen LogP contribution in [-0.2, 0) is 5.60 Å². The van der Waals surface area contributed by atoms with Gasteiger partial charge < -0.3 is 10.0 Å². The number of anilines is 1. The molecule has 1 aliphatic rings. The van der Waals surface area contributed by atoms with Gasteiger partial charge in [-0.05, 0) is 33.8 Å². The van der Waals surface area contributed by atoms with E-state index in [0.29, 0.717) is 6.54 Å². The highest BCUT2D eigenvalue weighted by Crippen LogP contribution is 2.32. The summed E-state index contributed by atoms with van der Waals surface area (Å²) in [7, 11) is 0. The molecule has 0 saturated carbocycles. The molecule has 0 spiro atoms. The van der Waals surface area contributed by atoms with E-state index in [4.69, 9.17) is 0 Å². The molecule has 1 aromatic carbocycles. The summed E-state index contributed by atoms with van der Waals surface area (Å²) in [6, 6.07) is 7.78. The Morgan fingerprint density at radius 2 is 1.84 bits per heavy atom. The van der Waals surface area contributed by atoms with Crippen molar-refractivity contribution in [1.29, 1.82) is 0 Å². The first-order chi connectivity index (χ1) is 8.82. The molecule has 4 heteroatoms. The Bertz CT molecular complexity index is 477. The van der Waals surface area contributed by atoms with Gasteiger partial charge in [0.15, 0.2) is 0 Å². The van der Waals surface area contributed by atoms with Crippen molar-refractivity contribution in [2.24, 2.45) is 0 Å². The van der Waals surface area contributed by atoms with E-state index in [9.17, 15) is 9.90 Å². The van der Waals surface area contributed by atoms with Crippen LogP contribution >= 0.6 is 0 Å². The summed E-state index contributed by atoms with van der Waals surface area (Å²) >= 11 is 0. The van der Waals surface area contributed by atoms with E-state index in [0.717, 1.165) is 17.8 Å². The molecule has 0 aromatic heterocycles. The summed E-state index contributed by atoms with van der Waals surface area (Å²) in [5, 5.41) is 10.2. The number of amides is 2. The highest BCUT2D eigenvalue weighted by molar-refractivity contribution is 5.95. The van der Waals surface area contributed by atoms with Gasteiger partial charge in [-0.15, -0.1) is 0 Å². The second-order valence-electron chi connectivity index (χ2n) is 5.80. The second-order valence-corrected chi connectivity index (χ2v) is 5.80. The first kappa shape index (κ1) is 13.9. The van der Waals surface area contributed by atoms with E-state index in [1.54, 1.807) is 18.7 Å². The van der Waals surface area contributed by atoms with Gasteiger partial charge in [-0.1, -0.05) is 18.2 Å². The molecule has 0 atom stereocenters. The number of para-hydroxylation sites is 1. The topological polar surface area (TPSA) is 43.8 Å². The van der Waals surface area contributed by atoms with E-state index in [1.165, 1.54) is 0 Å². The number of carbonyl (C=O) groups excluding carboxylic acids is 1. The summed E-state index contributed by atoms with van der Waals surface area (Å²) in [4.78, 5) is 16.0. The van der Waals surface area contributed by atoms with Gasteiger partial charge in [0.1, 0.15) is 0 Å².